The van der Waals surface area contributed by atoms with Crippen molar-refractivity contribution in [2.24, 2.45) is 5.73 Å². The van der Waals surface area contributed by atoms with Gasteiger partial charge in [0, 0.05) is 37.0 Å². The van der Waals surface area contributed by atoms with Gasteiger partial charge < -0.3 is 20.1 Å². The van der Waals surface area contributed by atoms with Gasteiger partial charge in [-0.15, -0.1) is 0 Å². The largest absolute Gasteiger partial charge is 0.493 e. The van der Waals surface area contributed by atoms with Crippen molar-refractivity contribution in [3.8, 4) is 11.5 Å². The number of amides is 1. The highest BCUT2D eigenvalue weighted by Gasteiger charge is 2.32. The van der Waals surface area contributed by atoms with E-state index in [1.165, 1.54) is 5.56 Å². The zero-order valence-corrected chi connectivity index (χ0v) is 14.4. The van der Waals surface area contributed by atoms with E-state index in [-0.39, 0.29) is 5.91 Å². The molecule has 6 nitrogen and oxygen atoms in total. The van der Waals surface area contributed by atoms with E-state index in [9.17, 15) is 4.79 Å². The van der Waals surface area contributed by atoms with Crippen molar-refractivity contribution in [3.05, 3.63) is 53.9 Å². The summed E-state index contributed by atoms with van der Waals surface area (Å²) in [5.74, 6) is 1.59. The van der Waals surface area contributed by atoms with Gasteiger partial charge in [-0.1, -0.05) is 0 Å². The molecule has 0 unspecified atom stereocenters. The molecule has 0 atom stereocenters. The molecule has 0 aliphatic carbocycles. The van der Waals surface area contributed by atoms with E-state index in [0.29, 0.717) is 36.1 Å². The minimum Gasteiger partial charge on any atom is -0.493 e. The summed E-state index contributed by atoms with van der Waals surface area (Å²) >= 11 is 0. The summed E-state index contributed by atoms with van der Waals surface area (Å²) in [6, 6.07) is 9.30. The average Bonchev–Trinajstić information content (AvgIpc) is 2.61. The van der Waals surface area contributed by atoms with Crippen LogP contribution in [-0.4, -0.2) is 49.1 Å². The first kappa shape index (κ1) is 17.2. The zero-order chi connectivity index (χ0) is 17.6. The highest BCUT2D eigenvalue weighted by Crippen LogP contribution is 2.31. The van der Waals surface area contributed by atoms with Gasteiger partial charge in [-0.2, -0.15) is 0 Å². The third-order valence-electron chi connectivity index (χ3n) is 4.36. The van der Waals surface area contributed by atoms with Crippen LogP contribution in [-0.2, 0) is 0 Å². The highest BCUT2D eigenvalue weighted by molar-refractivity contribution is 5.95. The van der Waals surface area contributed by atoms with Crippen LogP contribution in [0.5, 0.6) is 11.5 Å². The van der Waals surface area contributed by atoms with Crippen LogP contribution < -0.4 is 15.2 Å². The van der Waals surface area contributed by atoms with E-state index >= 15 is 0 Å². The van der Waals surface area contributed by atoms with Gasteiger partial charge in [0.2, 0.25) is 0 Å². The van der Waals surface area contributed by atoms with E-state index in [1.54, 1.807) is 37.7 Å². The van der Waals surface area contributed by atoms with Crippen molar-refractivity contribution in [1.82, 2.24) is 9.88 Å². The normalized spacial score (nSPS) is 14.1. The Kier molecular flexibility index (Phi) is 5.50. The minimum atomic E-state index is 0.0108. The Morgan fingerprint density at radius 2 is 2.00 bits per heavy atom. The number of ether oxygens (including phenoxy) is 2. The molecule has 3 rings (SSSR count). The van der Waals surface area contributed by atoms with Gasteiger partial charge in [-0.25, -0.2) is 0 Å². The smallest absolute Gasteiger partial charge is 0.254 e. The lowest BCUT2D eigenvalue weighted by molar-refractivity contribution is 0.0602. The number of nitrogens with zero attached hydrogens (tertiary/aromatic N) is 2. The Balaban J connectivity index is 1.65. The maximum absolute atomic E-state index is 12.7. The van der Waals surface area contributed by atoms with Gasteiger partial charge in [-0.05, 0) is 48.9 Å². The Hall–Kier alpha value is -2.60. The Labute approximate surface area is 147 Å². The van der Waals surface area contributed by atoms with Crippen LogP contribution in [0.4, 0.5) is 0 Å². The van der Waals surface area contributed by atoms with Crippen LogP contribution in [0.3, 0.4) is 0 Å². The molecule has 2 heterocycles. The fraction of sp³-hybridized carbons (Fsp3) is 0.368. The predicted octanol–water partition coefficient (Wildman–Crippen LogP) is 2.06. The molecule has 0 spiro atoms. The SMILES string of the molecule is COc1ccc(C(=O)N2CC(c3ccncc3)C2)cc1OCCCN. The maximum Gasteiger partial charge on any atom is 0.254 e. The number of benzene rings is 1. The van der Waals surface area contributed by atoms with Crippen LogP contribution in [0.15, 0.2) is 42.7 Å². The van der Waals surface area contributed by atoms with Crippen molar-refractivity contribution in [2.75, 3.05) is 33.4 Å². The summed E-state index contributed by atoms with van der Waals surface area (Å²) in [5.41, 5.74) is 7.32. The molecule has 0 radical (unpaired) electrons. The first-order valence-electron chi connectivity index (χ1n) is 8.43. The number of likely N-dealkylation sites (tertiary alicyclic amines) is 1. The average molecular weight is 341 g/mol. The number of carbonyl (C=O) groups excluding carboxylic acids is 1. The number of methoxy groups -OCH3 is 1. The summed E-state index contributed by atoms with van der Waals surface area (Å²) in [6.45, 7) is 2.50. The van der Waals surface area contributed by atoms with Crippen molar-refractivity contribution in [2.45, 2.75) is 12.3 Å². The van der Waals surface area contributed by atoms with Gasteiger partial charge >= 0.3 is 0 Å². The molecule has 2 aromatic rings. The fourth-order valence-electron chi connectivity index (χ4n) is 2.86. The molecule has 132 valence electrons. The molecule has 6 heteroatoms. The maximum atomic E-state index is 12.7. The molecular weight excluding hydrogens is 318 g/mol. The van der Waals surface area contributed by atoms with Crippen LogP contribution in [0.2, 0.25) is 0 Å². The second-order valence-electron chi connectivity index (χ2n) is 6.04. The summed E-state index contributed by atoms with van der Waals surface area (Å²) in [5, 5.41) is 0. The van der Waals surface area contributed by atoms with Crippen LogP contribution in [0.25, 0.3) is 0 Å². The fourth-order valence-corrected chi connectivity index (χ4v) is 2.86. The van der Waals surface area contributed by atoms with E-state index < -0.39 is 0 Å². The number of pyridine rings is 1. The molecule has 2 N–H and O–H groups in total. The van der Waals surface area contributed by atoms with Crippen molar-refractivity contribution in [3.63, 3.8) is 0 Å². The lowest BCUT2D eigenvalue weighted by atomic mass is 9.91. The molecule has 1 aliphatic heterocycles. The molecule has 25 heavy (non-hydrogen) atoms. The van der Waals surface area contributed by atoms with Crippen molar-refractivity contribution < 1.29 is 14.3 Å². The Bertz CT molecular complexity index is 715. The molecule has 0 bridgehead atoms. The highest BCUT2D eigenvalue weighted by atomic mass is 16.5. The molecule has 1 aromatic heterocycles. The lowest BCUT2D eigenvalue weighted by Crippen LogP contribution is -2.48. The number of aromatic nitrogens is 1. The van der Waals surface area contributed by atoms with Crippen LogP contribution in [0, 0.1) is 0 Å². The first-order chi connectivity index (χ1) is 12.2. The third kappa shape index (κ3) is 3.91. The lowest BCUT2D eigenvalue weighted by Gasteiger charge is -2.39. The number of hydrogen-bond donors (Lipinski definition) is 1. The van der Waals surface area contributed by atoms with Gasteiger partial charge in [0.15, 0.2) is 11.5 Å². The van der Waals surface area contributed by atoms with E-state index in [0.717, 1.165) is 19.5 Å². The number of nitrogens with two attached hydrogens (primary N) is 1. The summed E-state index contributed by atoms with van der Waals surface area (Å²) in [4.78, 5) is 18.6. The van der Waals surface area contributed by atoms with E-state index in [2.05, 4.69) is 4.98 Å². The summed E-state index contributed by atoms with van der Waals surface area (Å²) in [7, 11) is 1.58. The van der Waals surface area contributed by atoms with Gasteiger partial charge in [-0.3, -0.25) is 9.78 Å². The molecule has 1 aromatic carbocycles. The minimum absolute atomic E-state index is 0.0108. The number of hydrogen-bond acceptors (Lipinski definition) is 5. The number of rotatable bonds is 7. The van der Waals surface area contributed by atoms with Crippen molar-refractivity contribution in [1.29, 1.82) is 0 Å². The van der Waals surface area contributed by atoms with Crippen LogP contribution >= 0.6 is 0 Å². The monoisotopic (exact) mass is 341 g/mol. The molecule has 1 amide bonds. The molecular formula is C19H23N3O3. The summed E-state index contributed by atoms with van der Waals surface area (Å²) in [6.07, 6.45) is 4.32. The quantitative estimate of drug-likeness (QED) is 0.780. The van der Waals surface area contributed by atoms with Crippen molar-refractivity contribution >= 4 is 5.91 Å². The second kappa shape index (κ2) is 7.98. The second-order valence-corrected chi connectivity index (χ2v) is 6.04. The third-order valence-corrected chi connectivity index (χ3v) is 4.36. The van der Waals surface area contributed by atoms with E-state index in [4.69, 9.17) is 15.2 Å². The standard InChI is InChI=1S/C19H23N3O3/c1-24-17-4-3-15(11-18(17)25-10-2-7-20)19(23)22-12-16(13-22)14-5-8-21-9-6-14/h3-6,8-9,11,16H,2,7,10,12-13,20H2,1H3. The Morgan fingerprint density at radius 1 is 1.24 bits per heavy atom. The van der Waals surface area contributed by atoms with E-state index in [1.807, 2.05) is 17.0 Å². The Morgan fingerprint density at radius 3 is 2.68 bits per heavy atom. The van der Waals surface area contributed by atoms with Gasteiger partial charge in [0.05, 0.1) is 13.7 Å². The predicted molar refractivity (Wildman–Crippen MR) is 95.0 cm³/mol. The zero-order valence-electron chi connectivity index (χ0n) is 14.4. The number of carbonyl (C=O) groups is 1. The molecule has 1 saturated heterocycles. The first-order valence-corrected chi connectivity index (χ1v) is 8.43. The van der Waals surface area contributed by atoms with Gasteiger partial charge in [0.25, 0.3) is 5.91 Å². The van der Waals surface area contributed by atoms with Crippen LogP contribution in [0.1, 0.15) is 28.3 Å². The molecule has 1 fully saturated rings. The molecule has 0 saturated carbocycles. The van der Waals surface area contributed by atoms with Gasteiger partial charge in [0.1, 0.15) is 0 Å². The topological polar surface area (TPSA) is 77.7 Å². The molecule has 1 aliphatic rings. The summed E-state index contributed by atoms with van der Waals surface area (Å²) < 4.78 is 11.0.